The zero-order chi connectivity index (χ0) is 21.1. The first kappa shape index (κ1) is 20.0. The van der Waals surface area contributed by atoms with Crippen molar-refractivity contribution in [2.45, 2.75) is 26.8 Å². The van der Waals surface area contributed by atoms with Crippen molar-refractivity contribution in [2.75, 3.05) is 25.0 Å². The lowest BCUT2D eigenvalue weighted by molar-refractivity contribution is -0.119. The molecule has 2 heterocycles. The summed E-state index contributed by atoms with van der Waals surface area (Å²) in [5.74, 6) is -0.849. The number of carbonyl (C=O) groups is 2. The lowest BCUT2D eigenvalue weighted by Gasteiger charge is -2.28. The van der Waals surface area contributed by atoms with Crippen molar-refractivity contribution in [3.8, 4) is 0 Å². The van der Waals surface area contributed by atoms with E-state index in [0.717, 1.165) is 47.2 Å². The average molecular weight is 403 g/mol. The third-order valence-electron chi connectivity index (χ3n) is 5.41. The highest BCUT2D eigenvalue weighted by Gasteiger charge is 2.26. The molecule has 30 heavy (non-hydrogen) atoms. The average Bonchev–Trinajstić information content (AvgIpc) is 2.75. The van der Waals surface area contributed by atoms with Crippen LogP contribution < -0.4 is 5.32 Å². The number of anilines is 1. The van der Waals surface area contributed by atoms with Gasteiger partial charge in [-0.15, -0.1) is 0 Å². The van der Waals surface area contributed by atoms with Gasteiger partial charge in [0.25, 0.3) is 5.91 Å². The smallest absolute Gasteiger partial charge is 0.339 e. The molecule has 0 bridgehead atoms. The predicted octanol–water partition coefficient (Wildman–Crippen LogP) is 3.72. The third kappa shape index (κ3) is 4.19. The molecule has 1 aliphatic heterocycles. The van der Waals surface area contributed by atoms with Gasteiger partial charge in [-0.25, -0.2) is 4.79 Å². The molecular weight excluding hydrogens is 378 g/mol. The Labute approximate surface area is 175 Å². The Morgan fingerprint density at radius 1 is 1.17 bits per heavy atom. The van der Waals surface area contributed by atoms with Gasteiger partial charge in [-0.1, -0.05) is 37.3 Å². The predicted molar refractivity (Wildman–Crippen MR) is 116 cm³/mol. The molecule has 6 nitrogen and oxygen atoms in total. The number of hydrogen-bond acceptors (Lipinski definition) is 5. The first-order valence-electron chi connectivity index (χ1n) is 10.2. The fraction of sp³-hybridized carbons (Fsp3) is 0.292. The second-order valence-corrected chi connectivity index (χ2v) is 7.54. The second kappa shape index (κ2) is 8.63. The number of amides is 1. The number of benzene rings is 2. The number of carbonyl (C=O) groups excluding carboxylic acids is 2. The van der Waals surface area contributed by atoms with E-state index in [0.29, 0.717) is 17.8 Å². The van der Waals surface area contributed by atoms with Gasteiger partial charge in [0.1, 0.15) is 0 Å². The van der Waals surface area contributed by atoms with Crippen molar-refractivity contribution in [2.24, 2.45) is 0 Å². The third-order valence-corrected chi connectivity index (χ3v) is 5.41. The minimum Gasteiger partial charge on any atom is -0.452 e. The molecule has 0 atom stereocenters. The van der Waals surface area contributed by atoms with Gasteiger partial charge in [0.05, 0.1) is 11.1 Å². The van der Waals surface area contributed by atoms with Crippen LogP contribution in [0.4, 0.5) is 5.69 Å². The molecule has 0 fully saturated rings. The highest BCUT2D eigenvalue weighted by molar-refractivity contribution is 6.06. The molecule has 1 aliphatic rings. The van der Waals surface area contributed by atoms with Gasteiger partial charge in [-0.3, -0.25) is 14.7 Å². The zero-order valence-corrected chi connectivity index (χ0v) is 17.3. The Hall–Kier alpha value is -3.25. The summed E-state index contributed by atoms with van der Waals surface area (Å²) >= 11 is 0. The molecule has 0 saturated heterocycles. The maximum atomic E-state index is 13.1. The normalized spacial score (nSPS) is 13.7. The molecule has 154 valence electrons. The molecule has 0 spiro atoms. The summed E-state index contributed by atoms with van der Waals surface area (Å²) in [5.41, 5.74) is 4.87. The number of aromatic nitrogens is 1. The van der Waals surface area contributed by atoms with Gasteiger partial charge < -0.3 is 10.1 Å². The Morgan fingerprint density at radius 2 is 2.00 bits per heavy atom. The van der Waals surface area contributed by atoms with E-state index in [1.54, 1.807) is 6.07 Å². The number of nitrogens with zero attached hydrogens (tertiary/aromatic N) is 2. The van der Waals surface area contributed by atoms with Gasteiger partial charge in [0.2, 0.25) is 0 Å². The van der Waals surface area contributed by atoms with Crippen molar-refractivity contribution in [3.63, 3.8) is 0 Å². The van der Waals surface area contributed by atoms with Crippen LogP contribution in [0.25, 0.3) is 10.9 Å². The number of para-hydroxylation sites is 1. The number of fused-ring (bicyclic) bond motifs is 2. The molecule has 1 N–H and O–H groups in total. The minimum absolute atomic E-state index is 0.338. The van der Waals surface area contributed by atoms with Gasteiger partial charge in [-0.05, 0) is 37.2 Å². The van der Waals surface area contributed by atoms with Crippen LogP contribution in [0.2, 0.25) is 0 Å². The van der Waals surface area contributed by atoms with E-state index in [4.69, 9.17) is 9.72 Å². The van der Waals surface area contributed by atoms with Gasteiger partial charge in [0, 0.05) is 41.8 Å². The van der Waals surface area contributed by atoms with Crippen molar-refractivity contribution in [1.29, 1.82) is 0 Å². The van der Waals surface area contributed by atoms with Crippen molar-refractivity contribution >= 4 is 28.5 Å². The SMILES string of the molecule is CCN1CCc2nc3ccccc3c(C(=O)OCC(=O)Nc3cccc(C)c3)c2C1. The quantitative estimate of drug-likeness (QED) is 0.658. The maximum Gasteiger partial charge on any atom is 0.339 e. The molecule has 2 aromatic carbocycles. The van der Waals surface area contributed by atoms with Crippen LogP contribution in [0.5, 0.6) is 0 Å². The van der Waals surface area contributed by atoms with Crippen molar-refractivity contribution < 1.29 is 14.3 Å². The van der Waals surface area contributed by atoms with Gasteiger partial charge >= 0.3 is 5.97 Å². The number of likely N-dealkylation sites (N-methyl/N-ethyl adjacent to an activating group) is 1. The Morgan fingerprint density at radius 3 is 2.80 bits per heavy atom. The number of rotatable bonds is 5. The summed E-state index contributed by atoms with van der Waals surface area (Å²) in [4.78, 5) is 32.4. The van der Waals surface area contributed by atoms with E-state index < -0.39 is 5.97 Å². The first-order chi connectivity index (χ1) is 14.5. The molecule has 0 saturated carbocycles. The lowest BCUT2D eigenvalue weighted by Crippen LogP contribution is -2.32. The van der Waals surface area contributed by atoms with E-state index in [1.807, 2.05) is 49.4 Å². The van der Waals surface area contributed by atoms with E-state index in [2.05, 4.69) is 17.1 Å². The largest absolute Gasteiger partial charge is 0.452 e. The van der Waals surface area contributed by atoms with Gasteiger partial charge in [0.15, 0.2) is 6.61 Å². The van der Waals surface area contributed by atoms with Crippen molar-refractivity contribution in [1.82, 2.24) is 9.88 Å². The number of esters is 1. The summed E-state index contributed by atoms with van der Waals surface area (Å²) in [6.07, 6.45) is 0.794. The fourth-order valence-corrected chi connectivity index (χ4v) is 3.87. The highest BCUT2D eigenvalue weighted by Crippen LogP contribution is 2.28. The maximum absolute atomic E-state index is 13.1. The summed E-state index contributed by atoms with van der Waals surface area (Å²) in [6, 6.07) is 15.1. The zero-order valence-electron chi connectivity index (χ0n) is 17.3. The van der Waals surface area contributed by atoms with Crippen LogP contribution in [0.15, 0.2) is 48.5 Å². The van der Waals surface area contributed by atoms with E-state index in [9.17, 15) is 9.59 Å². The van der Waals surface area contributed by atoms with Crippen molar-refractivity contribution in [3.05, 3.63) is 70.9 Å². The van der Waals surface area contributed by atoms with E-state index in [-0.39, 0.29) is 12.5 Å². The fourth-order valence-electron chi connectivity index (χ4n) is 3.87. The van der Waals surface area contributed by atoms with Crippen LogP contribution in [-0.2, 0) is 22.5 Å². The highest BCUT2D eigenvalue weighted by atomic mass is 16.5. The van der Waals surface area contributed by atoms with Crippen LogP contribution in [0.1, 0.15) is 34.1 Å². The second-order valence-electron chi connectivity index (χ2n) is 7.54. The molecule has 0 radical (unpaired) electrons. The molecule has 4 rings (SSSR count). The van der Waals surface area contributed by atoms with Crippen LogP contribution >= 0.6 is 0 Å². The van der Waals surface area contributed by atoms with Crippen LogP contribution in [0.3, 0.4) is 0 Å². The van der Waals surface area contributed by atoms with E-state index in [1.165, 1.54) is 0 Å². The number of aryl methyl sites for hydroxylation is 1. The summed E-state index contributed by atoms with van der Waals surface area (Å²) in [5, 5.41) is 3.53. The lowest BCUT2D eigenvalue weighted by atomic mass is 9.96. The number of hydrogen-bond donors (Lipinski definition) is 1. The number of ether oxygens (including phenoxy) is 1. The van der Waals surface area contributed by atoms with Crippen LogP contribution in [-0.4, -0.2) is 41.5 Å². The molecule has 3 aromatic rings. The Balaban J connectivity index is 1.57. The monoisotopic (exact) mass is 403 g/mol. The molecule has 0 unspecified atom stereocenters. The molecule has 1 amide bonds. The summed E-state index contributed by atoms with van der Waals surface area (Å²) < 4.78 is 5.44. The minimum atomic E-state index is -0.484. The molecule has 1 aromatic heterocycles. The number of pyridine rings is 1. The Bertz CT molecular complexity index is 1110. The van der Waals surface area contributed by atoms with Gasteiger partial charge in [-0.2, -0.15) is 0 Å². The Kier molecular flexibility index (Phi) is 5.77. The molecule has 6 heteroatoms. The summed E-state index contributed by atoms with van der Waals surface area (Å²) in [6.45, 7) is 6.20. The number of nitrogens with one attached hydrogen (secondary N) is 1. The summed E-state index contributed by atoms with van der Waals surface area (Å²) in [7, 11) is 0. The molecule has 0 aliphatic carbocycles. The molecular formula is C24H25N3O3. The van der Waals surface area contributed by atoms with Crippen LogP contribution in [0, 0.1) is 6.92 Å². The van der Waals surface area contributed by atoms with E-state index >= 15 is 0 Å². The topological polar surface area (TPSA) is 71.5 Å². The standard InChI is InChI=1S/C24H25N3O3/c1-3-27-12-11-21-19(14-27)23(18-9-4-5-10-20(18)26-21)24(29)30-15-22(28)25-17-8-6-7-16(2)13-17/h4-10,13H,3,11-12,14-15H2,1-2H3,(H,25,28). The first-order valence-corrected chi connectivity index (χ1v) is 10.2.